The molecule has 3 aromatic carbocycles. The predicted octanol–water partition coefficient (Wildman–Crippen LogP) is 5.33. The van der Waals surface area contributed by atoms with Crippen LogP contribution in [0.25, 0.3) is 22.3 Å². The van der Waals surface area contributed by atoms with E-state index in [2.05, 4.69) is 55.5 Å². The quantitative estimate of drug-likeness (QED) is 0.573. The smallest absolute Gasteiger partial charge is 0.0622 e. The summed E-state index contributed by atoms with van der Waals surface area (Å²) in [5, 5.41) is 0. The van der Waals surface area contributed by atoms with Gasteiger partial charge in [0.25, 0.3) is 0 Å². The molecule has 92 valence electrons. The summed E-state index contributed by atoms with van der Waals surface area (Å²) in [5.74, 6) is 0. The van der Waals surface area contributed by atoms with Gasteiger partial charge in [-0.25, -0.2) is 0 Å². The number of rotatable bonds is 2. The molecule has 0 heterocycles. The first-order valence-electron chi connectivity index (χ1n) is 6.96. The first-order chi connectivity index (χ1) is 9.72. The molecule has 0 amide bonds. The van der Waals surface area contributed by atoms with Crippen LogP contribution in [0.5, 0.6) is 0 Å². The fourth-order valence-corrected chi connectivity index (χ4v) is 2.18. The van der Waals surface area contributed by atoms with Crippen LogP contribution in [0.3, 0.4) is 0 Å². The Balaban J connectivity index is 1.91. The van der Waals surface area contributed by atoms with Crippen molar-refractivity contribution in [3.05, 3.63) is 84.4 Å². The largest absolute Gasteiger partial charge is 0.0623 e. The monoisotopic (exact) mass is 246 g/mol. The van der Waals surface area contributed by atoms with Crippen LogP contribution in [0, 0.1) is 6.92 Å². The zero-order valence-electron chi connectivity index (χ0n) is 11.9. The maximum atomic E-state index is 7.52. The lowest BCUT2D eigenvalue weighted by atomic mass is 10.00. The van der Waals surface area contributed by atoms with Gasteiger partial charge in [-0.15, -0.1) is 0 Å². The molecule has 0 fully saturated rings. The van der Waals surface area contributed by atoms with E-state index in [9.17, 15) is 0 Å². The highest BCUT2D eigenvalue weighted by atomic mass is 14.0. The normalized spacial score (nSPS) is 11.1. The van der Waals surface area contributed by atoms with E-state index >= 15 is 0 Å². The van der Waals surface area contributed by atoms with E-state index in [1.807, 2.05) is 24.3 Å². The molecule has 0 saturated heterocycles. The molecule has 3 aromatic rings. The van der Waals surface area contributed by atoms with E-state index in [-0.39, 0.29) is 0 Å². The van der Waals surface area contributed by atoms with Crippen molar-refractivity contribution < 1.29 is 1.37 Å². The molecule has 0 atom stereocenters. The van der Waals surface area contributed by atoms with E-state index in [1.165, 1.54) is 22.3 Å². The zero-order chi connectivity index (χ0) is 13.9. The Morgan fingerprint density at radius 2 is 0.947 bits per heavy atom. The molecule has 3 rings (SSSR count). The number of hydrogen-bond acceptors (Lipinski definition) is 0. The van der Waals surface area contributed by atoms with Crippen molar-refractivity contribution in [2.75, 3.05) is 0 Å². The van der Waals surface area contributed by atoms with Gasteiger partial charge < -0.3 is 0 Å². The first kappa shape index (κ1) is 10.6. The number of aryl methyl sites for hydroxylation is 1. The molecule has 0 aromatic heterocycles. The highest BCUT2D eigenvalue weighted by Gasteiger charge is 1.99. The van der Waals surface area contributed by atoms with Crippen molar-refractivity contribution in [2.24, 2.45) is 0 Å². The average molecular weight is 246 g/mol. The molecule has 0 radical (unpaired) electrons. The molecule has 0 nitrogen and oxygen atoms in total. The average Bonchev–Trinajstić information content (AvgIpc) is 2.49. The van der Waals surface area contributed by atoms with Gasteiger partial charge in [-0.3, -0.25) is 0 Å². The molecule has 19 heavy (non-hydrogen) atoms. The van der Waals surface area contributed by atoms with E-state index in [0.29, 0.717) is 6.04 Å². The van der Waals surface area contributed by atoms with Gasteiger partial charge in [0.05, 0.1) is 1.37 Å². The van der Waals surface area contributed by atoms with Crippen LogP contribution >= 0.6 is 0 Å². The Labute approximate surface area is 115 Å². The van der Waals surface area contributed by atoms with Crippen molar-refractivity contribution in [3.8, 4) is 22.3 Å². The minimum Gasteiger partial charge on any atom is -0.0622 e. The SMILES string of the molecule is [3H]c1ccc(-c2ccc(-c3ccc(C)cc3)cc2)cc1. The highest BCUT2D eigenvalue weighted by molar-refractivity contribution is 5.70. The van der Waals surface area contributed by atoms with Crippen molar-refractivity contribution in [2.45, 2.75) is 6.92 Å². The van der Waals surface area contributed by atoms with Gasteiger partial charge >= 0.3 is 0 Å². The molecule has 0 heteroatoms. The zero-order valence-corrected chi connectivity index (χ0v) is 10.9. The van der Waals surface area contributed by atoms with Gasteiger partial charge in [-0.05, 0) is 29.2 Å². The minimum atomic E-state index is 0.546. The van der Waals surface area contributed by atoms with Crippen LogP contribution in [-0.2, 0) is 0 Å². The summed E-state index contributed by atoms with van der Waals surface area (Å²) in [6, 6.07) is 25.3. The molecule has 0 saturated carbocycles. The van der Waals surface area contributed by atoms with Gasteiger partial charge in [0.1, 0.15) is 0 Å². The lowest BCUT2D eigenvalue weighted by Gasteiger charge is -2.05. The second-order valence-corrected chi connectivity index (χ2v) is 4.73. The van der Waals surface area contributed by atoms with Gasteiger partial charge in [-0.2, -0.15) is 0 Å². The summed E-state index contributed by atoms with van der Waals surface area (Å²) in [7, 11) is 0. The molecule has 0 N–H and O–H groups in total. The van der Waals surface area contributed by atoms with Crippen LogP contribution in [0.1, 0.15) is 6.93 Å². The summed E-state index contributed by atoms with van der Waals surface area (Å²) >= 11 is 0. The maximum absolute atomic E-state index is 7.52. The second kappa shape index (κ2) is 5.11. The fraction of sp³-hybridized carbons (Fsp3) is 0.0526. The summed E-state index contributed by atoms with van der Waals surface area (Å²) in [6.45, 7) is 2.10. The molecule has 0 aliphatic heterocycles. The van der Waals surface area contributed by atoms with Crippen LogP contribution in [0.2, 0.25) is 0 Å². The molecule has 0 spiro atoms. The molecule has 0 aliphatic rings. The Morgan fingerprint density at radius 3 is 1.42 bits per heavy atom. The highest BCUT2D eigenvalue weighted by Crippen LogP contribution is 2.24. The Morgan fingerprint density at radius 1 is 0.579 bits per heavy atom. The van der Waals surface area contributed by atoms with E-state index in [4.69, 9.17) is 1.37 Å². The molecular formula is C19H16. The molecule has 0 aliphatic carbocycles. The molecule has 0 unspecified atom stereocenters. The van der Waals surface area contributed by atoms with Gasteiger partial charge in [0, 0.05) is 0 Å². The minimum absolute atomic E-state index is 0.546. The van der Waals surface area contributed by atoms with Crippen LogP contribution in [-0.4, -0.2) is 0 Å². The summed E-state index contributed by atoms with van der Waals surface area (Å²) in [4.78, 5) is 0. The van der Waals surface area contributed by atoms with Crippen molar-refractivity contribution in [1.82, 2.24) is 0 Å². The predicted molar refractivity (Wildman–Crippen MR) is 82.1 cm³/mol. The van der Waals surface area contributed by atoms with Gasteiger partial charge in [0.2, 0.25) is 0 Å². The second-order valence-electron chi connectivity index (χ2n) is 4.73. The van der Waals surface area contributed by atoms with Crippen LogP contribution in [0.4, 0.5) is 0 Å². The summed E-state index contributed by atoms with van der Waals surface area (Å²) in [5.41, 5.74) is 6.08. The van der Waals surface area contributed by atoms with Gasteiger partial charge in [-0.1, -0.05) is 84.4 Å². The summed E-state index contributed by atoms with van der Waals surface area (Å²) < 4.78 is 7.52. The molecular weight excluding hydrogens is 228 g/mol. The van der Waals surface area contributed by atoms with Crippen LogP contribution in [0.15, 0.2) is 78.8 Å². The Hall–Kier alpha value is -2.34. The van der Waals surface area contributed by atoms with Gasteiger partial charge in [0.15, 0.2) is 0 Å². The lowest BCUT2D eigenvalue weighted by Crippen LogP contribution is -1.80. The first-order valence-corrected chi connectivity index (χ1v) is 6.46. The fourth-order valence-electron chi connectivity index (χ4n) is 2.18. The Kier molecular flexibility index (Phi) is 2.84. The van der Waals surface area contributed by atoms with E-state index in [1.54, 1.807) is 0 Å². The van der Waals surface area contributed by atoms with E-state index < -0.39 is 0 Å². The van der Waals surface area contributed by atoms with Crippen molar-refractivity contribution >= 4 is 0 Å². The summed E-state index contributed by atoms with van der Waals surface area (Å²) in [6.07, 6.45) is 0. The maximum Gasteiger partial charge on any atom is 0.0623 e. The van der Waals surface area contributed by atoms with Crippen molar-refractivity contribution in [1.29, 1.82) is 0 Å². The van der Waals surface area contributed by atoms with Crippen LogP contribution < -0.4 is 0 Å². The third-order valence-corrected chi connectivity index (χ3v) is 3.32. The lowest BCUT2D eigenvalue weighted by molar-refractivity contribution is 1.47. The number of hydrogen-bond donors (Lipinski definition) is 0. The third kappa shape index (κ3) is 2.58. The molecule has 0 bridgehead atoms. The topological polar surface area (TPSA) is 0 Å². The number of benzene rings is 3. The third-order valence-electron chi connectivity index (χ3n) is 3.32. The van der Waals surface area contributed by atoms with E-state index in [0.717, 1.165) is 5.56 Å². The van der Waals surface area contributed by atoms with Crippen molar-refractivity contribution in [3.63, 3.8) is 0 Å². The standard InChI is InChI=1S/C19H16/c1-15-7-9-17(10-8-15)19-13-11-18(12-14-19)16-5-3-2-4-6-16/h2-14H,1H3/i2T. The Bertz CT molecular complexity index is 628.